The number of methoxy groups -OCH3 is 1. The summed E-state index contributed by atoms with van der Waals surface area (Å²) in [4.78, 5) is 4.85. The van der Waals surface area contributed by atoms with Crippen molar-refractivity contribution >= 4 is 16.9 Å². The van der Waals surface area contributed by atoms with Gasteiger partial charge in [0.15, 0.2) is 5.17 Å². The lowest BCUT2D eigenvalue weighted by Crippen LogP contribution is -2.40. The van der Waals surface area contributed by atoms with Gasteiger partial charge in [-0.05, 0) is 37.5 Å². The number of nitrogens with zero attached hydrogens (tertiary/aromatic N) is 1. The zero-order valence-electron chi connectivity index (χ0n) is 12.2. The molecule has 1 spiro atoms. The molecular weight excluding hydrogens is 268 g/mol. The van der Waals surface area contributed by atoms with Crippen LogP contribution in [0.1, 0.15) is 44.2 Å². The van der Waals surface area contributed by atoms with Gasteiger partial charge >= 0.3 is 0 Å². The molecule has 1 saturated carbocycles. The smallest absolute Gasteiger partial charge is 0.157 e. The van der Waals surface area contributed by atoms with Crippen LogP contribution in [0.15, 0.2) is 29.3 Å². The quantitative estimate of drug-likeness (QED) is 0.920. The third-order valence-electron chi connectivity index (χ3n) is 4.33. The second kappa shape index (κ2) is 5.68. The van der Waals surface area contributed by atoms with Crippen LogP contribution in [0, 0.1) is 0 Å². The summed E-state index contributed by atoms with van der Waals surface area (Å²) >= 11 is 1.88. The van der Waals surface area contributed by atoms with E-state index in [1.807, 2.05) is 23.9 Å². The first kappa shape index (κ1) is 13.8. The van der Waals surface area contributed by atoms with Crippen LogP contribution < -0.4 is 10.1 Å². The van der Waals surface area contributed by atoms with Crippen LogP contribution in [-0.2, 0) is 0 Å². The zero-order chi connectivity index (χ0) is 14.0. The van der Waals surface area contributed by atoms with E-state index >= 15 is 0 Å². The van der Waals surface area contributed by atoms with Crippen molar-refractivity contribution in [3.8, 4) is 5.75 Å². The zero-order valence-corrected chi connectivity index (χ0v) is 13.0. The largest absolute Gasteiger partial charge is 0.497 e. The highest BCUT2D eigenvalue weighted by Crippen LogP contribution is 2.38. The number of rotatable bonds is 3. The fourth-order valence-corrected chi connectivity index (χ4v) is 4.32. The summed E-state index contributed by atoms with van der Waals surface area (Å²) in [6.45, 7) is 2.15. The van der Waals surface area contributed by atoms with Gasteiger partial charge in [0, 0.05) is 11.3 Å². The minimum Gasteiger partial charge on any atom is -0.497 e. The van der Waals surface area contributed by atoms with Crippen molar-refractivity contribution in [2.75, 3.05) is 12.9 Å². The summed E-state index contributed by atoms with van der Waals surface area (Å²) in [5.74, 6) is 2.08. The van der Waals surface area contributed by atoms with Crippen molar-refractivity contribution in [3.05, 3.63) is 29.8 Å². The highest BCUT2D eigenvalue weighted by molar-refractivity contribution is 8.14. The molecule has 1 aromatic rings. The molecule has 2 aliphatic rings. The van der Waals surface area contributed by atoms with E-state index in [1.54, 1.807) is 7.11 Å². The Bertz CT molecular complexity index is 492. The molecule has 4 heteroatoms. The van der Waals surface area contributed by atoms with Crippen LogP contribution in [0.4, 0.5) is 0 Å². The Labute approximate surface area is 125 Å². The van der Waals surface area contributed by atoms with Crippen LogP contribution in [0.25, 0.3) is 0 Å². The third kappa shape index (κ3) is 2.80. The monoisotopic (exact) mass is 290 g/mol. The lowest BCUT2D eigenvalue weighted by Gasteiger charge is -2.22. The molecule has 1 saturated heterocycles. The number of nitrogens with one attached hydrogen (secondary N) is 1. The van der Waals surface area contributed by atoms with Gasteiger partial charge in [-0.3, -0.25) is 4.99 Å². The molecule has 20 heavy (non-hydrogen) atoms. The molecule has 1 aliphatic heterocycles. The summed E-state index contributed by atoms with van der Waals surface area (Å²) in [5.41, 5.74) is 1.58. The van der Waals surface area contributed by atoms with E-state index < -0.39 is 0 Å². The summed E-state index contributed by atoms with van der Waals surface area (Å²) in [6.07, 6.45) is 5.32. The van der Waals surface area contributed by atoms with Crippen molar-refractivity contribution < 1.29 is 4.74 Å². The Kier molecular flexibility index (Phi) is 3.92. The van der Waals surface area contributed by atoms with Crippen LogP contribution in [-0.4, -0.2) is 23.6 Å². The first-order chi connectivity index (χ1) is 9.71. The van der Waals surface area contributed by atoms with E-state index in [0.717, 1.165) is 10.9 Å². The van der Waals surface area contributed by atoms with Gasteiger partial charge in [-0.1, -0.05) is 36.7 Å². The molecule has 0 aromatic heterocycles. The number of amidine groups is 1. The van der Waals surface area contributed by atoms with Gasteiger partial charge in [-0.15, -0.1) is 0 Å². The van der Waals surface area contributed by atoms with Crippen molar-refractivity contribution in [1.82, 2.24) is 5.32 Å². The van der Waals surface area contributed by atoms with Gasteiger partial charge < -0.3 is 10.1 Å². The lowest BCUT2D eigenvalue weighted by atomic mass is 10.0. The Morgan fingerprint density at radius 1 is 1.25 bits per heavy atom. The first-order valence-electron chi connectivity index (χ1n) is 7.34. The Hall–Kier alpha value is -1.16. The standard InChI is InChI=1S/C16H22N2OS/c1-12(13-5-7-14(19-2)8-6-13)17-15-18-16(11-20-15)9-3-4-10-16/h5-8,12H,3-4,9-11H2,1-2H3,(H,17,18). The number of thioether (sulfide) groups is 1. The van der Waals surface area contributed by atoms with Crippen molar-refractivity contribution in [1.29, 1.82) is 0 Å². The predicted octanol–water partition coefficient (Wildman–Crippen LogP) is 3.76. The molecule has 0 radical (unpaired) electrons. The Morgan fingerprint density at radius 2 is 1.95 bits per heavy atom. The molecule has 108 valence electrons. The number of hydrogen-bond acceptors (Lipinski definition) is 3. The van der Waals surface area contributed by atoms with Gasteiger partial charge in [0.2, 0.25) is 0 Å². The molecule has 2 fully saturated rings. The van der Waals surface area contributed by atoms with Crippen LogP contribution in [0.2, 0.25) is 0 Å². The Morgan fingerprint density at radius 3 is 2.60 bits per heavy atom. The van der Waals surface area contributed by atoms with Crippen molar-refractivity contribution in [3.63, 3.8) is 0 Å². The second-order valence-electron chi connectivity index (χ2n) is 5.78. The van der Waals surface area contributed by atoms with Gasteiger partial charge in [0.25, 0.3) is 0 Å². The molecule has 3 nitrogen and oxygen atoms in total. The highest BCUT2D eigenvalue weighted by atomic mass is 32.2. The molecule has 1 unspecified atom stereocenters. The average Bonchev–Trinajstić information content (AvgIpc) is 3.09. The number of ether oxygens (including phenoxy) is 1. The average molecular weight is 290 g/mol. The molecule has 1 aliphatic carbocycles. The van der Waals surface area contributed by atoms with E-state index in [9.17, 15) is 0 Å². The van der Waals surface area contributed by atoms with Gasteiger partial charge in [-0.25, -0.2) is 0 Å². The topological polar surface area (TPSA) is 33.6 Å². The van der Waals surface area contributed by atoms with Crippen LogP contribution in [0.3, 0.4) is 0 Å². The fourth-order valence-electron chi connectivity index (χ4n) is 3.03. The van der Waals surface area contributed by atoms with Gasteiger partial charge in [-0.2, -0.15) is 0 Å². The minimum atomic E-state index is 0.187. The first-order valence-corrected chi connectivity index (χ1v) is 8.32. The molecular formula is C16H22N2OS. The maximum atomic E-state index is 5.19. The molecule has 1 aromatic carbocycles. The predicted molar refractivity (Wildman–Crippen MR) is 85.6 cm³/mol. The van der Waals surface area contributed by atoms with Crippen molar-refractivity contribution in [2.45, 2.75) is 44.2 Å². The number of hydrogen-bond donors (Lipinski definition) is 1. The van der Waals surface area contributed by atoms with Crippen LogP contribution in [0.5, 0.6) is 5.75 Å². The van der Waals surface area contributed by atoms with E-state index in [1.165, 1.54) is 37.0 Å². The van der Waals surface area contributed by atoms with E-state index in [0.29, 0.717) is 5.54 Å². The highest BCUT2D eigenvalue weighted by Gasteiger charge is 2.39. The maximum Gasteiger partial charge on any atom is 0.157 e. The molecule has 3 rings (SSSR count). The third-order valence-corrected chi connectivity index (χ3v) is 5.50. The second-order valence-corrected chi connectivity index (χ2v) is 6.75. The van der Waals surface area contributed by atoms with E-state index in [4.69, 9.17) is 9.73 Å². The fraction of sp³-hybridized carbons (Fsp3) is 0.562. The summed E-state index contributed by atoms with van der Waals surface area (Å²) in [6, 6.07) is 8.38. The van der Waals surface area contributed by atoms with E-state index in [-0.39, 0.29) is 6.04 Å². The van der Waals surface area contributed by atoms with Crippen molar-refractivity contribution in [2.24, 2.45) is 4.99 Å². The Balaban J connectivity index is 1.68. The minimum absolute atomic E-state index is 0.187. The molecule has 1 heterocycles. The summed E-state index contributed by atoms with van der Waals surface area (Å²) < 4.78 is 5.19. The van der Waals surface area contributed by atoms with Gasteiger partial charge in [0.05, 0.1) is 13.2 Å². The molecule has 1 N–H and O–H groups in total. The number of aliphatic imine (C=N–C) groups is 1. The van der Waals surface area contributed by atoms with E-state index in [2.05, 4.69) is 24.4 Å². The number of benzene rings is 1. The molecule has 1 atom stereocenters. The molecule has 0 bridgehead atoms. The molecule has 0 amide bonds. The summed E-state index contributed by atoms with van der Waals surface area (Å²) in [5, 5.41) is 4.80. The maximum absolute atomic E-state index is 5.19. The normalized spacial score (nSPS) is 24.0. The SMILES string of the molecule is COc1ccc(C(C)N=C2NC3(CCCC3)CS2)cc1. The van der Waals surface area contributed by atoms with Crippen LogP contribution >= 0.6 is 11.8 Å². The van der Waals surface area contributed by atoms with Gasteiger partial charge in [0.1, 0.15) is 5.75 Å². The summed E-state index contributed by atoms with van der Waals surface area (Å²) in [7, 11) is 1.69. The lowest BCUT2D eigenvalue weighted by molar-refractivity contribution is 0.414.